The molecule has 1 aliphatic heterocycles. The maximum absolute atomic E-state index is 12.0. The molecule has 1 aliphatic rings. The van der Waals surface area contributed by atoms with Crippen LogP contribution in [0, 0.1) is 10.8 Å². The Kier molecular flexibility index (Phi) is 2.83. The number of hydrogen-bond donors (Lipinski definition) is 1. The van der Waals surface area contributed by atoms with Crippen LogP contribution in [0.25, 0.3) is 0 Å². The third-order valence-corrected chi connectivity index (χ3v) is 2.45. The summed E-state index contributed by atoms with van der Waals surface area (Å²) in [6.45, 7) is 9.12. The maximum atomic E-state index is 12.0. The van der Waals surface area contributed by atoms with E-state index in [1.807, 2.05) is 20.8 Å². The Balaban J connectivity index is 2.98. The minimum absolute atomic E-state index is 0.191. The van der Waals surface area contributed by atoms with E-state index in [4.69, 9.17) is 0 Å². The Bertz CT molecular complexity index is 353. The van der Waals surface area contributed by atoms with Crippen LogP contribution in [0.1, 0.15) is 34.6 Å². The molecular formula is C11H18N2O3. The van der Waals surface area contributed by atoms with Crippen molar-refractivity contribution in [2.24, 2.45) is 10.8 Å². The first kappa shape index (κ1) is 12.7. The molecule has 5 nitrogen and oxygen atoms in total. The van der Waals surface area contributed by atoms with Gasteiger partial charge in [-0.3, -0.25) is 19.8 Å². The Morgan fingerprint density at radius 1 is 1.19 bits per heavy atom. The van der Waals surface area contributed by atoms with Crippen molar-refractivity contribution in [1.82, 2.24) is 10.2 Å². The maximum Gasteiger partial charge on any atom is 0.330 e. The standard InChI is InChI=1S/C11H18N2O3/c1-10(2,3)6-13-8(15)11(4,5)7(14)12-9(13)16/h6H2,1-5H3,(H,12,14,16). The molecule has 0 saturated carbocycles. The van der Waals surface area contributed by atoms with Crippen molar-refractivity contribution in [2.75, 3.05) is 6.54 Å². The second-order valence-corrected chi connectivity index (χ2v) is 5.84. The Hall–Kier alpha value is -1.39. The van der Waals surface area contributed by atoms with Gasteiger partial charge in [0.2, 0.25) is 11.8 Å². The van der Waals surface area contributed by atoms with E-state index in [1.54, 1.807) is 0 Å². The molecule has 0 spiro atoms. The van der Waals surface area contributed by atoms with Crippen molar-refractivity contribution in [3.05, 3.63) is 0 Å². The van der Waals surface area contributed by atoms with Gasteiger partial charge in [0.05, 0.1) is 0 Å². The van der Waals surface area contributed by atoms with Gasteiger partial charge in [0, 0.05) is 6.54 Å². The lowest BCUT2D eigenvalue weighted by Gasteiger charge is -2.37. The van der Waals surface area contributed by atoms with Gasteiger partial charge in [-0.1, -0.05) is 20.8 Å². The van der Waals surface area contributed by atoms with Gasteiger partial charge in [0.1, 0.15) is 5.41 Å². The van der Waals surface area contributed by atoms with Crippen molar-refractivity contribution in [3.63, 3.8) is 0 Å². The Labute approximate surface area is 95.2 Å². The smallest absolute Gasteiger partial charge is 0.277 e. The molecule has 0 aliphatic carbocycles. The van der Waals surface area contributed by atoms with Crippen LogP contribution in [-0.4, -0.2) is 29.3 Å². The molecule has 90 valence electrons. The molecule has 0 aromatic heterocycles. The first-order chi connectivity index (χ1) is 7.05. The molecule has 1 fully saturated rings. The van der Waals surface area contributed by atoms with Crippen molar-refractivity contribution < 1.29 is 14.4 Å². The van der Waals surface area contributed by atoms with Crippen LogP contribution in [0.15, 0.2) is 0 Å². The molecule has 0 bridgehead atoms. The number of imide groups is 2. The summed E-state index contributed by atoms with van der Waals surface area (Å²) < 4.78 is 0. The average molecular weight is 226 g/mol. The van der Waals surface area contributed by atoms with Gasteiger partial charge in [-0.15, -0.1) is 0 Å². The normalized spacial score (nSPS) is 21.1. The van der Waals surface area contributed by atoms with Gasteiger partial charge in [0.15, 0.2) is 0 Å². The lowest BCUT2D eigenvalue weighted by atomic mass is 9.87. The molecule has 4 amide bonds. The number of amides is 4. The van der Waals surface area contributed by atoms with E-state index < -0.39 is 23.3 Å². The zero-order valence-corrected chi connectivity index (χ0v) is 10.4. The molecule has 16 heavy (non-hydrogen) atoms. The number of nitrogens with zero attached hydrogens (tertiary/aromatic N) is 1. The average Bonchev–Trinajstić information content (AvgIpc) is 2.09. The molecule has 0 aromatic rings. The Morgan fingerprint density at radius 3 is 2.12 bits per heavy atom. The van der Waals surface area contributed by atoms with E-state index in [-0.39, 0.29) is 5.41 Å². The highest BCUT2D eigenvalue weighted by atomic mass is 16.2. The fraction of sp³-hybridized carbons (Fsp3) is 0.727. The van der Waals surface area contributed by atoms with Gasteiger partial charge in [-0.05, 0) is 19.3 Å². The van der Waals surface area contributed by atoms with E-state index in [0.29, 0.717) is 6.54 Å². The molecule has 1 saturated heterocycles. The third-order valence-electron chi connectivity index (χ3n) is 2.45. The van der Waals surface area contributed by atoms with Gasteiger partial charge < -0.3 is 0 Å². The van der Waals surface area contributed by atoms with Crippen LogP contribution in [0.5, 0.6) is 0 Å². The van der Waals surface area contributed by atoms with Gasteiger partial charge >= 0.3 is 6.03 Å². The lowest BCUT2D eigenvalue weighted by Crippen LogP contribution is -2.63. The lowest BCUT2D eigenvalue weighted by molar-refractivity contribution is -0.149. The summed E-state index contributed by atoms with van der Waals surface area (Å²) in [4.78, 5) is 36.1. The third kappa shape index (κ3) is 2.23. The first-order valence-electron chi connectivity index (χ1n) is 5.23. The monoisotopic (exact) mass is 226 g/mol. The number of hydrogen-bond acceptors (Lipinski definition) is 3. The van der Waals surface area contributed by atoms with Crippen molar-refractivity contribution in [2.45, 2.75) is 34.6 Å². The minimum atomic E-state index is -1.17. The second kappa shape index (κ2) is 3.57. The highest BCUT2D eigenvalue weighted by molar-refractivity contribution is 6.18. The molecule has 0 radical (unpaired) electrons. The summed E-state index contributed by atoms with van der Waals surface area (Å²) in [7, 11) is 0. The summed E-state index contributed by atoms with van der Waals surface area (Å²) in [5.41, 5.74) is -1.36. The van der Waals surface area contributed by atoms with Crippen molar-refractivity contribution in [3.8, 4) is 0 Å². The largest absolute Gasteiger partial charge is 0.330 e. The SMILES string of the molecule is CC(C)(C)CN1C(=O)NC(=O)C(C)(C)C1=O. The molecule has 1 N–H and O–H groups in total. The molecule has 5 heteroatoms. The zero-order valence-electron chi connectivity index (χ0n) is 10.4. The Morgan fingerprint density at radius 2 is 1.69 bits per heavy atom. The minimum Gasteiger partial charge on any atom is -0.277 e. The van der Waals surface area contributed by atoms with Crippen LogP contribution in [-0.2, 0) is 9.59 Å². The summed E-state index contributed by atoms with van der Waals surface area (Å²) in [6, 6.07) is -0.621. The highest BCUT2D eigenvalue weighted by Crippen LogP contribution is 2.26. The molecule has 1 heterocycles. The number of barbiturate groups is 1. The fourth-order valence-electron chi connectivity index (χ4n) is 1.47. The summed E-state index contributed by atoms with van der Waals surface area (Å²) in [6.07, 6.45) is 0. The van der Waals surface area contributed by atoms with Gasteiger partial charge in [0.25, 0.3) is 0 Å². The van der Waals surface area contributed by atoms with Crippen LogP contribution >= 0.6 is 0 Å². The van der Waals surface area contributed by atoms with Crippen LogP contribution in [0.2, 0.25) is 0 Å². The van der Waals surface area contributed by atoms with E-state index in [2.05, 4.69) is 5.32 Å². The summed E-state index contributed by atoms with van der Waals surface area (Å²) >= 11 is 0. The quantitative estimate of drug-likeness (QED) is 0.682. The fourth-order valence-corrected chi connectivity index (χ4v) is 1.47. The van der Waals surface area contributed by atoms with E-state index >= 15 is 0 Å². The number of carbonyl (C=O) groups excluding carboxylic acids is 3. The topological polar surface area (TPSA) is 66.5 Å². The molecular weight excluding hydrogens is 208 g/mol. The van der Waals surface area contributed by atoms with Crippen molar-refractivity contribution in [1.29, 1.82) is 0 Å². The predicted octanol–water partition coefficient (Wildman–Crippen LogP) is 1.14. The van der Waals surface area contributed by atoms with E-state index in [9.17, 15) is 14.4 Å². The van der Waals surface area contributed by atoms with Crippen molar-refractivity contribution >= 4 is 17.8 Å². The second-order valence-electron chi connectivity index (χ2n) is 5.84. The first-order valence-corrected chi connectivity index (χ1v) is 5.23. The number of nitrogens with one attached hydrogen (secondary N) is 1. The van der Waals surface area contributed by atoms with Crippen LogP contribution in [0.3, 0.4) is 0 Å². The number of rotatable bonds is 1. The van der Waals surface area contributed by atoms with Gasteiger partial charge in [-0.2, -0.15) is 0 Å². The summed E-state index contributed by atoms with van der Waals surface area (Å²) in [5.74, 6) is -0.969. The van der Waals surface area contributed by atoms with E-state index in [0.717, 1.165) is 4.90 Å². The van der Waals surface area contributed by atoms with Crippen LogP contribution < -0.4 is 5.32 Å². The molecule has 1 rings (SSSR count). The molecule has 0 atom stereocenters. The van der Waals surface area contributed by atoms with E-state index in [1.165, 1.54) is 13.8 Å². The molecule has 0 unspecified atom stereocenters. The highest BCUT2D eigenvalue weighted by Gasteiger charge is 2.47. The molecule has 0 aromatic carbocycles. The van der Waals surface area contributed by atoms with Crippen LogP contribution in [0.4, 0.5) is 4.79 Å². The predicted molar refractivity (Wildman–Crippen MR) is 58.5 cm³/mol. The zero-order chi connectivity index (χ0) is 12.7. The number of urea groups is 1. The van der Waals surface area contributed by atoms with Gasteiger partial charge in [-0.25, -0.2) is 4.79 Å². The number of carbonyl (C=O) groups is 3. The summed E-state index contributed by atoms with van der Waals surface area (Å²) in [5, 5.41) is 2.20.